The summed E-state index contributed by atoms with van der Waals surface area (Å²) in [7, 11) is -3.43. The number of nitrogens with zero attached hydrogens (tertiary/aromatic N) is 1. The number of anilines is 1. The maximum atomic E-state index is 12.5. The molecule has 0 aliphatic carbocycles. The predicted octanol–water partition coefficient (Wildman–Crippen LogP) is 1.29. The highest BCUT2D eigenvalue weighted by atomic mass is 32.2. The van der Waals surface area contributed by atoms with Gasteiger partial charge in [0.25, 0.3) is 0 Å². The molecule has 1 aromatic carbocycles. The molecule has 172 valence electrons. The number of carbonyl (C=O) groups is 2. The van der Waals surface area contributed by atoms with E-state index in [0.717, 1.165) is 11.3 Å². The molecule has 2 unspecified atom stereocenters. The molecule has 2 N–H and O–H groups in total. The molecule has 1 fully saturated rings. The quantitative estimate of drug-likeness (QED) is 0.545. The number of morpholine rings is 1. The standard InChI is InChI=1S/C21H31N3O6S/c1-15-13-24(14-16(2)30-15)31(27,28)11-9-22-20(25)4-3-10-29-18-6-7-19-17(12-18)5-8-21(26)23-19/h6-7,12,15-16H,3-5,8-11,13-14H2,1-2H3,(H,22,25)(H,23,26). The van der Waals surface area contributed by atoms with E-state index in [1.165, 1.54) is 4.31 Å². The average molecular weight is 454 g/mol. The lowest BCUT2D eigenvalue weighted by molar-refractivity contribution is -0.121. The lowest BCUT2D eigenvalue weighted by Crippen LogP contribution is -2.49. The number of carbonyl (C=O) groups excluding carboxylic acids is 2. The van der Waals surface area contributed by atoms with Crippen LogP contribution in [0, 0.1) is 0 Å². The van der Waals surface area contributed by atoms with Crippen LogP contribution in [0.4, 0.5) is 5.69 Å². The molecular formula is C21H31N3O6S. The fourth-order valence-corrected chi connectivity index (χ4v) is 5.26. The first-order chi connectivity index (χ1) is 14.7. The second-order valence-electron chi connectivity index (χ2n) is 8.06. The number of amides is 2. The molecule has 1 saturated heterocycles. The van der Waals surface area contributed by atoms with E-state index in [0.29, 0.717) is 44.7 Å². The maximum Gasteiger partial charge on any atom is 0.224 e. The monoisotopic (exact) mass is 453 g/mol. The van der Waals surface area contributed by atoms with Crippen LogP contribution in [0.25, 0.3) is 0 Å². The van der Waals surface area contributed by atoms with Crippen LogP contribution in [0.3, 0.4) is 0 Å². The van der Waals surface area contributed by atoms with Gasteiger partial charge in [-0.1, -0.05) is 0 Å². The van der Waals surface area contributed by atoms with Gasteiger partial charge in [0.1, 0.15) is 5.75 Å². The molecule has 31 heavy (non-hydrogen) atoms. The van der Waals surface area contributed by atoms with Crippen molar-refractivity contribution in [1.82, 2.24) is 9.62 Å². The third kappa shape index (κ3) is 6.91. The molecule has 3 rings (SSSR count). The number of sulfonamides is 1. The number of aryl methyl sites for hydroxylation is 1. The third-order valence-corrected chi connectivity index (χ3v) is 7.06. The molecule has 2 atom stereocenters. The Hall–Kier alpha value is -2.17. The molecular weight excluding hydrogens is 422 g/mol. The Labute approximate surface area is 183 Å². The zero-order chi connectivity index (χ0) is 22.4. The Balaban J connectivity index is 1.33. The zero-order valence-electron chi connectivity index (χ0n) is 18.1. The van der Waals surface area contributed by atoms with Gasteiger partial charge in [-0.25, -0.2) is 8.42 Å². The van der Waals surface area contributed by atoms with Crippen LogP contribution in [0.15, 0.2) is 18.2 Å². The smallest absolute Gasteiger partial charge is 0.224 e. The molecule has 0 radical (unpaired) electrons. The van der Waals surface area contributed by atoms with Crippen LogP contribution in [-0.2, 0) is 30.8 Å². The lowest BCUT2D eigenvalue weighted by Gasteiger charge is -2.34. The molecule has 0 aromatic heterocycles. The summed E-state index contributed by atoms with van der Waals surface area (Å²) in [5.41, 5.74) is 1.86. The van der Waals surface area contributed by atoms with Gasteiger partial charge < -0.3 is 20.1 Å². The van der Waals surface area contributed by atoms with Crippen LogP contribution < -0.4 is 15.4 Å². The van der Waals surface area contributed by atoms with Gasteiger partial charge in [0.15, 0.2) is 0 Å². The van der Waals surface area contributed by atoms with Gasteiger partial charge in [-0.3, -0.25) is 9.59 Å². The molecule has 10 heteroatoms. The highest BCUT2D eigenvalue weighted by molar-refractivity contribution is 7.89. The van der Waals surface area contributed by atoms with E-state index in [1.807, 2.05) is 26.0 Å². The van der Waals surface area contributed by atoms with Gasteiger partial charge in [-0.15, -0.1) is 0 Å². The van der Waals surface area contributed by atoms with Crippen LogP contribution in [0.5, 0.6) is 5.75 Å². The van der Waals surface area contributed by atoms with Crippen LogP contribution in [0.1, 0.15) is 38.7 Å². The summed E-state index contributed by atoms with van der Waals surface area (Å²) < 4.78 is 37.7. The van der Waals surface area contributed by atoms with E-state index >= 15 is 0 Å². The number of fused-ring (bicyclic) bond motifs is 1. The van der Waals surface area contributed by atoms with E-state index in [9.17, 15) is 18.0 Å². The lowest BCUT2D eigenvalue weighted by atomic mass is 10.0. The minimum atomic E-state index is -3.43. The number of ether oxygens (including phenoxy) is 2. The summed E-state index contributed by atoms with van der Waals surface area (Å²) in [6, 6.07) is 5.53. The van der Waals surface area contributed by atoms with Crippen molar-refractivity contribution < 1.29 is 27.5 Å². The normalized spacial score (nSPS) is 21.8. The Morgan fingerprint density at radius 1 is 1.26 bits per heavy atom. The molecule has 1 aromatic rings. The van der Waals surface area contributed by atoms with E-state index in [1.54, 1.807) is 6.07 Å². The van der Waals surface area contributed by atoms with Gasteiger partial charge in [0.2, 0.25) is 21.8 Å². The number of hydrogen-bond acceptors (Lipinski definition) is 6. The number of nitrogens with one attached hydrogen (secondary N) is 2. The van der Waals surface area contributed by atoms with E-state index < -0.39 is 10.0 Å². The van der Waals surface area contributed by atoms with Gasteiger partial charge in [-0.2, -0.15) is 4.31 Å². The largest absolute Gasteiger partial charge is 0.494 e. The first-order valence-electron chi connectivity index (χ1n) is 10.7. The fourth-order valence-electron chi connectivity index (χ4n) is 3.77. The second kappa shape index (κ2) is 10.4. The fraction of sp³-hybridized carbons (Fsp3) is 0.619. The van der Waals surface area contributed by atoms with Crippen LogP contribution in [-0.4, -0.2) is 68.7 Å². The Kier molecular flexibility index (Phi) is 7.90. The first kappa shape index (κ1) is 23.5. The van der Waals surface area contributed by atoms with Crippen molar-refractivity contribution in [3.05, 3.63) is 23.8 Å². The van der Waals surface area contributed by atoms with Crippen molar-refractivity contribution in [2.45, 2.75) is 51.7 Å². The Morgan fingerprint density at radius 2 is 2.00 bits per heavy atom. The molecule has 2 aliphatic rings. The van der Waals surface area contributed by atoms with E-state index in [-0.39, 0.29) is 42.7 Å². The maximum absolute atomic E-state index is 12.5. The summed E-state index contributed by atoms with van der Waals surface area (Å²) in [5.74, 6) is 0.403. The first-order valence-corrected chi connectivity index (χ1v) is 12.3. The predicted molar refractivity (Wildman–Crippen MR) is 117 cm³/mol. The summed E-state index contributed by atoms with van der Waals surface area (Å²) in [5, 5.41) is 5.50. The van der Waals surface area contributed by atoms with Crippen LogP contribution in [0.2, 0.25) is 0 Å². The molecule has 0 saturated carbocycles. The van der Waals surface area contributed by atoms with Crippen molar-refractivity contribution in [3.8, 4) is 5.75 Å². The highest BCUT2D eigenvalue weighted by Gasteiger charge is 2.30. The topological polar surface area (TPSA) is 114 Å². The second-order valence-corrected chi connectivity index (χ2v) is 10.1. The molecule has 0 spiro atoms. The summed E-state index contributed by atoms with van der Waals surface area (Å²) >= 11 is 0. The van der Waals surface area contributed by atoms with Gasteiger partial charge >= 0.3 is 0 Å². The number of hydrogen-bond donors (Lipinski definition) is 2. The van der Waals surface area contributed by atoms with Crippen molar-refractivity contribution in [1.29, 1.82) is 0 Å². The number of rotatable bonds is 9. The van der Waals surface area contributed by atoms with Gasteiger partial charge in [0.05, 0.1) is 24.6 Å². The van der Waals surface area contributed by atoms with Crippen molar-refractivity contribution in [2.75, 3.05) is 37.3 Å². The van der Waals surface area contributed by atoms with Gasteiger partial charge in [-0.05, 0) is 50.5 Å². The van der Waals surface area contributed by atoms with Crippen LogP contribution >= 0.6 is 0 Å². The molecule has 2 amide bonds. The Bertz CT molecular complexity index is 894. The average Bonchev–Trinajstić information content (AvgIpc) is 2.70. The summed E-state index contributed by atoms with van der Waals surface area (Å²) in [6.45, 7) is 4.84. The van der Waals surface area contributed by atoms with E-state index in [2.05, 4.69) is 10.6 Å². The minimum Gasteiger partial charge on any atom is -0.494 e. The molecule has 9 nitrogen and oxygen atoms in total. The highest BCUT2D eigenvalue weighted by Crippen LogP contribution is 2.26. The van der Waals surface area contributed by atoms with Crippen molar-refractivity contribution in [2.24, 2.45) is 0 Å². The Morgan fingerprint density at radius 3 is 2.74 bits per heavy atom. The number of benzene rings is 1. The van der Waals surface area contributed by atoms with Gasteiger partial charge in [0, 0.05) is 38.2 Å². The summed E-state index contributed by atoms with van der Waals surface area (Å²) in [6.07, 6.45) is 1.66. The van der Waals surface area contributed by atoms with E-state index in [4.69, 9.17) is 9.47 Å². The molecule has 2 heterocycles. The van der Waals surface area contributed by atoms with Crippen molar-refractivity contribution in [3.63, 3.8) is 0 Å². The zero-order valence-corrected chi connectivity index (χ0v) is 18.9. The molecule has 0 bridgehead atoms. The molecule has 2 aliphatic heterocycles. The third-order valence-electron chi connectivity index (χ3n) is 5.25. The van der Waals surface area contributed by atoms with Crippen molar-refractivity contribution >= 4 is 27.5 Å². The minimum absolute atomic E-state index is 0.0223. The summed E-state index contributed by atoms with van der Waals surface area (Å²) in [4.78, 5) is 23.4. The SMILES string of the molecule is CC1CN(S(=O)(=O)CCNC(=O)CCCOc2ccc3c(c2)CCC(=O)N3)CC(C)O1.